The third-order valence-electron chi connectivity index (χ3n) is 5.90. The number of carbonyl (C=O) groups excluding carboxylic acids is 1. The van der Waals surface area contributed by atoms with Crippen molar-refractivity contribution in [2.24, 2.45) is 0 Å². The standard InChI is InChI=1S/C21H27N3O5S3/c25-21(22-12-14-24(15-13-22)32(28,29)20-9-6-16-30-20)18-7-5-8-19(17-18)31(26,27)23-10-3-1-2-4-11-23/h5-9,16-17H,1-4,10-15H2. The van der Waals surface area contributed by atoms with Crippen molar-refractivity contribution in [1.29, 1.82) is 0 Å². The summed E-state index contributed by atoms with van der Waals surface area (Å²) in [4.78, 5) is 14.8. The average Bonchev–Trinajstić information content (AvgIpc) is 3.22. The molecule has 0 N–H and O–H groups in total. The molecule has 0 aliphatic carbocycles. The van der Waals surface area contributed by atoms with Gasteiger partial charge in [-0.05, 0) is 42.5 Å². The third-order valence-corrected chi connectivity index (χ3v) is 11.1. The molecule has 1 amide bonds. The van der Waals surface area contributed by atoms with Crippen LogP contribution in [0.15, 0.2) is 50.9 Å². The predicted octanol–water partition coefficient (Wildman–Crippen LogP) is 2.46. The number of amides is 1. The van der Waals surface area contributed by atoms with Crippen LogP contribution in [0.4, 0.5) is 0 Å². The maximum Gasteiger partial charge on any atom is 0.253 e. The maximum atomic E-state index is 13.1. The van der Waals surface area contributed by atoms with Crippen molar-refractivity contribution in [1.82, 2.24) is 13.5 Å². The number of benzene rings is 1. The minimum Gasteiger partial charge on any atom is -0.336 e. The van der Waals surface area contributed by atoms with E-state index >= 15 is 0 Å². The van der Waals surface area contributed by atoms with Crippen molar-refractivity contribution in [3.63, 3.8) is 0 Å². The van der Waals surface area contributed by atoms with Crippen molar-refractivity contribution >= 4 is 37.3 Å². The second-order valence-electron chi connectivity index (χ2n) is 7.97. The number of rotatable bonds is 5. The predicted molar refractivity (Wildman–Crippen MR) is 123 cm³/mol. The highest BCUT2D eigenvalue weighted by atomic mass is 32.2. The molecule has 32 heavy (non-hydrogen) atoms. The summed E-state index contributed by atoms with van der Waals surface area (Å²) in [5.41, 5.74) is 0.301. The van der Waals surface area contributed by atoms with E-state index in [2.05, 4.69) is 0 Å². The van der Waals surface area contributed by atoms with Gasteiger partial charge in [0.15, 0.2) is 0 Å². The fraction of sp³-hybridized carbons (Fsp3) is 0.476. The van der Waals surface area contributed by atoms with Crippen molar-refractivity contribution in [2.45, 2.75) is 34.8 Å². The van der Waals surface area contributed by atoms with Gasteiger partial charge in [0, 0.05) is 44.8 Å². The van der Waals surface area contributed by atoms with Crippen molar-refractivity contribution in [3.05, 3.63) is 47.3 Å². The summed E-state index contributed by atoms with van der Waals surface area (Å²) in [6.07, 6.45) is 3.74. The number of thiophene rings is 1. The van der Waals surface area contributed by atoms with E-state index in [0.717, 1.165) is 25.7 Å². The zero-order chi connectivity index (χ0) is 22.8. The number of nitrogens with zero attached hydrogens (tertiary/aromatic N) is 3. The molecule has 2 saturated heterocycles. The minimum absolute atomic E-state index is 0.129. The largest absolute Gasteiger partial charge is 0.336 e. The van der Waals surface area contributed by atoms with Crippen LogP contribution in [0.5, 0.6) is 0 Å². The van der Waals surface area contributed by atoms with E-state index in [0.29, 0.717) is 22.9 Å². The van der Waals surface area contributed by atoms with E-state index in [1.54, 1.807) is 34.5 Å². The fourth-order valence-electron chi connectivity index (χ4n) is 4.07. The van der Waals surface area contributed by atoms with Crippen LogP contribution in [0.3, 0.4) is 0 Å². The van der Waals surface area contributed by atoms with Gasteiger partial charge in [-0.3, -0.25) is 4.79 Å². The summed E-state index contributed by atoms with van der Waals surface area (Å²) < 4.78 is 54.7. The monoisotopic (exact) mass is 497 g/mol. The second-order valence-corrected chi connectivity index (χ2v) is 13.0. The van der Waals surface area contributed by atoms with Crippen LogP contribution in [-0.2, 0) is 20.0 Å². The van der Waals surface area contributed by atoms with Gasteiger partial charge in [-0.25, -0.2) is 16.8 Å². The molecule has 0 bridgehead atoms. The minimum atomic E-state index is -3.65. The molecule has 1 aromatic carbocycles. The molecule has 4 rings (SSSR count). The zero-order valence-electron chi connectivity index (χ0n) is 17.7. The van der Waals surface area contributed by atoms with E-state index in [9.17, 15) is 21.6 Å². The molecule has 0 spiro atoms. The van der Waals surface area contributed by atoms with Gasteiger partial charge in [-0.2, -0.15) is 8.61 Å². The van der Waals surface area contributed by atoms with Gasteiger partial charge in [0.2, 0.25) is 10.0 Å². The van der Waals surface area contributed by atoms with E-state index in [4.69, 9.17) is 0 Å². The Morgan fingerprint density at radius 3 is 2.03 bits per heavy atom. The van der Waals surface area contributed by atoms with Crippen LogP contribution < -0.4 is 0 Å². The van der Waals surface area contributed by atoms with Crippen LogP contribution in [0.1, 0.15) is 36.0 Å². The van der Waals surface area contributed by atoms with Gasteiger partial charge in [-0.1, -0.05) is 25.0 Å². The lowest BCUT2D eigenvalue weighted by Gasteiger charge is -2.33. The Kier molecular flexibility index (Phi) is 7.01. The lowest BCUT2D eigenvalue weighted by atomic mass is 10.2. The molecule has 0 saturated carbocycles. The van der Waals surface area contributed by atoms with E-state index < -0.39 is 20.0 Å². The number of sulfonamides is 2. The lowest BCUT2D eigenvalue weighted by Crippen LogP contribution is -2.50. The van der Waals surface area contributed by atoms with Crippen LogP contribution in [0.2, 0.25) is 0 Å². The highest BCUT2D eigenvalue weighted by Crippen LogP contribution is 2.24. The van der Waals surface area contributed by atoms with Crippen LogP contribution in [-0.4, -0.2) is 75.5 Å². The van der Waals surface area contributed by atoms with Crippen molar-refractivity contribution in [2.75, 3.05) is 39.3 Å². The molecule has 0 radical (unpaired) electrons. The molecule has 3 heterocycles. The molecule has 1 aromatic heterocycles. The van der Waals surface area contributed by atoms with Gasteiger partial charge in [0.05, 0.1) is 4.90 Å². The Hall–Kier alpha value is -1.79. The van der Waals surface area contributed by atoms with Gasteiger partial charge in [0.25, 0.3) is 15.9 Å². The quantitative estimate of drug-likeness (QED) is 0.632. The van der Waals surface area contributed by atoms with Crippen molar-refractivity contribution < 1.29 is 21.6 Å². The molecule has 2 fully saturated rings. The second kappa shape index (κ2) is 9.60. The summed E-state index contributed by atoms with van der Waals surface area (Å²) >= 11 is 1.17. The van der Waals surface area contributed by atoms with Gasteiger partial charge in [-0.15, -0.1) is 11.3 Å². The SMILES string of the molecule is O=C(c1cccc(S(=O)(=O)N2CCCCCC2)c1)N1CCN(S(=O)(=O)c2cccs2)CC1. The van der Waals surface area contributed by atoms with Gasteiger partial charge in [0.1, 0.15) is 4.21 Å². The first-order chi connectivity index (χ1) is 15.3. The Balaban J connectivity index is 1.46. The fourth-order valence-corrected chi connectivity index (χ4v) is 8.20. The molecule has 174 valence electrons. The average molecular weight is 498 g/mol. The van der Waals surface area contributed by atoms with Gasteiger partial charge < -0.3 is 4.90 Å². The number of piperazine rings is 1. The molecule has 2 aromatic rings. The van der Waals surface area contributed by atoms with Crippen LogP contribution in [0, 0.1) is 0 Å². The van der Waals surface area contributed by atoms with Crippen LogP contribution in [0.25, 0.3) is 0 Å². The summed E-state index contributed by atoms with van der Waals surface area (Å²) in [6.45, 7) is 1.93. The summed E-state index contributed by atoms with van der Waals surface area (Å²) in [6, 6.07) is 9.45. The summed E-state index contributed by atoms with van der Waals surface area (Å²) in [5, 5.41) is 1.72. The van der Waals surface area contributed by atoms with Crippen LogP contribution >= 0.6 is 11.3 Å². The Labute approximate surface area is 193 Å². The molecule has 0 atom stereocenters. The molecular weight excluding hydrogens is 470 g/mol. The number of carbonyl (C=O) groups is 1. The molecule has 11 heteroatoms. The normalized spacial score (nSPS) is 19.6. The summed E-state index contributed by atoms with van der Waals surface area (Å²) in [7, 11) is -7.19. The Bertz CT molecular complexity index is 1150. The number of hydrogen-bond acceptors (Lipinski definition) is 6. The third kappa shape index (κ3) is 4.76. The molecule has 8 nitrogen and oxygen atoms in total. The van der Waals surface area contributed by atoms with Crippen molar-refractivity contribution in [3.8, 4) is 0 Å². The maximum absolute atomic E-state index is 13.1. The van der Waals surface area contributed by atoms with E-state index in [1.807, 2.05) is 0 Å². The highest BCUT2D eigenvalue weighted by molar-refractivity contribution is 7.91. The first-order valence-corrected chi connectivity index (χ1v) is 14.5. The zero-order valence-corrected chi connectivity index (χ0v) is 20.2. The van der Waals surface area contributed by atoms with E-state index in [-0.39, 0.29) is 37.0 Å². The molecular formula is C21H27N3O5S3. The van der Waals surface area contributed by atoms with E-state index in [1.165, 1.54) is 32.1 Å². The van der Waals surface area contributed by atoms with Gasteiger partial charge >= 0.3 is 0 Å². The lowest BCUT2D eigenvalue weighted by molar-refractivity contribution is 0.0697. The number of hydrogen-bond donors (Lipinski definition) is 0. The molecule has 0 unspecified atom stereocenters. The highest BCUT2D eigenvalue weighted by Gasteiger charge is 2.32. The summed E-state index contributed by atoms with van der Waals surface area (Å²) in [5.74, 6) is -0.286. The smallest absolute Gasteiger partial charge is 0.253 e. The molecule has 2 aliphatic rings. The molecule has 2 aliphatic heterocycles. The topological polar surface area (TPSA) is 95.1 Å². The Morgan fingerprint density at radius 2 is 1.41 bits per heavy atom. The Morgan fingerprint density at radius 1 is 0.750 bits per heavy atom. The first kappa shape index (κ1) is 23.4. The first-order valence-electron chi connectivity index (χ1n) is 10.7.